The predicted octanol–water partition coefficient (Wildman–Crippen LogP) is 3.41. The molecule has 1 saturated heterocycles. The molecule has 0 unspecified atom stereocenters. The van der Waals surface area contributed by atoms with Crippen LogP contribution in [0.25, 0.3) is 11.0 Å². The second kappa shape index (κ2) is 6.78. The number of piperazine rings is 1. The summed E-state index contributed by atoms with van der Waals surface area (Å²) in [5.74, 6) is 1.22. The first-order valence-corrected chi connectivity index (χ1v) is 8.72. The summed E-state index contributed by atoms with van der Waals surface area (Å²) < 4.78 is 18.8. The lowest BCUT2D eigenvalue weighted by Gasteiger charge is -2.37. The molecule has 0 spiro atoms. The maximum absolute atomic E-state index is 13.4. The number of fused-ring (bicyclic) bond motifs is 1. The van der Waals surface area contributed by atoms with E-state index >= 15 is 0 Å². The summed E-state index contributed by atoms with van der Waals surface area (Å²) >= 11 is 0. The minimum absolute atomic E-state index is 0.286. The third-order valence-corrected chi connectivity index (χ3v) is 4.78. The lowest BCUT2D eigenvalue weighted by Crippen LogP contribution is -2.47. The van der Waals surface area contributed by atoms with Crippen LogP contribution in [0.1, 0.15) is 5.69 Å². The van der Waals surface area contributed by atoms with Crippen molar-refractivity contribution in [2.45, 2.75) is 6.92 Å². The normalized spacial score (nSPS) is 14.7. The molecular formula is C20H21FN4O. The number of para-hydroxylation sites is 2. The second-order valence-electron chi connectivity index (χ2n) is 6.41. The molecule has 0 aliphatic carbocycles. The van der Waals surface area contributed by atoms with E-state index in [4.69, 9.17) is 9.72 Å². The molecule has 0 N–H and O–H groups in total. The molecule has 0 bridgehead atoms. The van der Waals surface area contributed by atoms with Crippen molar-refractivity contribution in [3.05, 3.63) is 54.0 Å². The highest BCUT2D eigenvalue weighted by Crippen LogP contribution is 2.30. The minimum Gasteiger partial charge on any atom is -0.494 e. The Balaban J connectivity index is 1.55. The monoisotopic (exact) mass is 352 g/mol. The lowest BCUT2D eigenvalue weighted by atomic mass is 10.2. The fourth-order valence-corrected chi connectivity index (χ4v) is 3.45. The van der Waals surface area contributed by atoms with Crippen LogP contribution in [0.15, 0.2) is 42.5 Å². The van der Waals surface area contributed by atoms with Gasteiger partial charge in [0.2, 0.25) is 0 Å². The predicted molar refractivity (Wildman–Crippen MR) is 102 cm³/mol. The Kier molecular flexibility index (Phi) is 4.32. The van der Waals surface area contributed by atoms with Gasteiger partial charge in [0.05, 0.1) is 29.5 Å². The van der Waals surface area contributed by atoms with E-state index in [0.29, 0.717) is 5.75 Å². The van der Waals surface area contributed by atoms with Crippen LogP contribution in [-0.4, -0.2) is 43.3 Å². The number of halogens is 1. The molecular weight excluding hydrogens is 331 g/mol. The first kappa shape index (κ1) is 16.6. The van der Waals surface area contributed by atoms with Gasteiger partial charge < -0.3 is 14.5 Å². The molecule has 2 aromatic carbocycles. The summed E-state index contributed by atoms with van der Waals surface area (Å²) in [5, 5.41) is 0. The van der Waals surface area contributed by atoms with Crippen molar-refractivity contribution in [2.24, 2.45) is 0 Å². The van der Waals surface area contributed by atoms with E-state index < -0.39 is 0 Å². The highest BCUT2D eigenvalue weighted by Gasteiger charge is 2.22. The molecule has 0 radical (unpaired) electrons. The van der Waals surface area contributed by atoms with E-state index in [-0.39, 0.29) is 5.82 Å². The summed E-state index contributed by atoms with van der Waals surface area (Å²) in [6.45, 7) is 5.29. The summed E-state index contributed by atoms with van der Waals surface area (Å²) in [5.41, 5.74) is 3.70. The zero-order chi connectivity index (χ0) is 18.1. The second-order valence-corrected chi connectivity index (χ2v) is 6.41. The van der Waals surface area contributed by atoms with Gasteiger partial charge in [-0.3, -0.25) is 0 Å². The maximum Gasteiger partial charge on any atom is 0.150 e. The number of aromatic nitrogens is 2. The van der Waals surface area contributed by atoms with Crippen molar-refractivity contribution in [3.8, 4) is 5.75 Å². The quantitative estimate of drug-likeness (QED) is 0.723. The Hall–Kier alpha value is -2.89. The molecule has 26 heavy (non-hydrogen) atoms. The molecule has 0 amide bonds. The van der Waals surface area contributed by atoms with Gasteiger partial charge in [0, 0.05) is 32.2 Å². The molecule has 134 valence electrons. The van der Waals surface area contributed by atoms with Crippen molar-refractivity contribution in [1.82, 2.24) is 9.97 Å². The van der Waals surface area contributed by atoms with Crippen LogP contribution in [0.5, 0.6) is 5.75 Å². The Morgan fingerprint density at radius 3 is 2.27 bits per heavy atom. The number of methoxy groups -OCH3 is 1. The molecule has 6 heteroatoms. The lowest BCUT2D eigenvalue weighted by molar-refractivity contribution is 0.410. The van der Waals surface area contributed by atoms with Gasteiger partial charge in [0.25, 0.3) is 0 Å². The van der Waals surface area contributed by atoms with Gasteiger partial charge in [-0.2, -0.15) is 0 Å². The third kappa shape index (κ3) is 3.03. The molecule has 5 nitrogen and oxygen atoms in total. The van der Waals surface area contributed by atoms with E-state index in [1.54, 1.807) is 13.2 Å². The Morgan fingerprint density at radius 1 is 0.923 bits per heavy atom. The van der Waals surface area contributed by atoms with E-state index in [1.165, 1.54) is 12.1 Å². The smallest absolute Gasteiger partial charge is 0.150 e. The Morgan fingerprint density at radius 2 is 1.58 bits per heavy atom. The van der Waals surface area contributed by atoms with Crippen molar-refractivity contribution in [1.29, 1.82) is 0 Å². The molecule has 3 aromatic rings. The van der Waals surface area contributed by atoms with Crippen molar-refractivity contribution < 1.29 is 9.13 Å². The first-order valence-electron chi connectivity index (χ1n) is 8.72. The number of nitrogens with zero attached hydrogens (tertiary/aromatic N) is 4. The van der Waals surface area contributed by atoms with Crippen molar-refractivity contribution in [2.75, 3.05) is 43.1 Å². The van der Waals surface area contributed by atoms with Gasteiger partial charge in [0.15, 0.2) is 5.82 Å². The van der Waals surface area contributed by atoms with Crippen LogP contribution >= 0.6 is 0 Å². The standard InChI is InChI=1S/C20H21FN4O/c1-14-20(23-17-6-4-3-5-16(17)22-14)25-11-9-24(10-12-25)18-8-7-15(21)13-19(18)26-2/h3-8,13H,9-12H2,1-2H3. The highest BCUT2D eigenvalue weighted by molar-refractivity contribution is 5.76. The average Bonchev–Trinajstić information content (AvgIpc) is 2.67. The number of hydrogen-bond acceptors (Lipinski definition) is 5. The van der Waals surface area contributed by atoms with Gasteiger partial charge >= 0.3 is 0 Å². The zero-order valence-electron chi connectivity index (χ0n) is 14.9. The molecule has 0 saturated carbocycles. The maximum atomic E-state index is 13.4. The highest BCUT2D eigenvalue weighted by atomic mass is 19.1. The summed E-state index contributed by atoms with van der Waals surface area (Å²) in [4.78, 5) is 14.0. The minimum atomic E-state index is -0.286. The number of hydrogen-bond donors (Lipinski definition) is 0. The van der Waals surface area contributed by atoms with E-state index in [1.807, 2.05) is 31.2 Å². The molecule has 1 aliphatic heterocycles. The van der Waals surface area contributed by atoms with Crippen LogP contribution in [0, 0.1) is 12.7 Å². The third-order valence-electron chi connectivity index (χ3n) is 4.78. The van der Waals surface area contributed by atoms with E-state index in [2.05, 4.69) is 14.8 Å². The van der Waals surface area contributed by atoms with Crippen LogP contribution in [0.2, 0.25) is 0 Å². The van der Waals surface area contributed by atoms with Crippen LogP contribution in [0.4, 0.5) is 15.9 Å². The SMILES string of the molecule is COc1cc(F)ccc1N1CCN(c2nc3ccccc3nc2C)CC1. The summed E-state index contributed by atoms with van der Waals surface area (Å²) in [6.07, 6.45) is 0. The van der Waals surface area contributed by atoms with Crippen molar-refractivity contribution >= 4 is 22.5 Å². The summed E-state index contributed by atoms with van der Waals surface area (Å²) in [7, 11) is 1.57. The topological polar surface area (TPSA) is 41.5 Å². The molecule has 2 heterocycles. The molecule has 4 rings (SSSR count). The van der Waals surface area contributed by atoms with Gasteiger partial charge in [-0.1, -0.05) is 12.1 Å². The van der Waals surface area contributed by atoms with Crippen LogP contribution < -0.4 is 14.5 Å². The summed E-state index contributed by atoms with van der Waals surface area (Å²) in [6, 6.07) is 12.6. The van der Waals surface area contributed by atoms with E-state index in [0.717, 1.165) is 54.4 Å². The first-order chi connectivity index (χ1) is 12.7. The fraction of sp³-hybridized carbons (Fsp3) is 0.300. The number of ether oxygens (including phenoxy) is 1. The molecule has 1 aromatic heterocycles. The van der Waals surface area contributed by atoms with Gasteiger partial charge in [-0.25, -0.2) is 14.4 Å². The zero-order valence-corrected chi connectivity index (χ0v) is 14.9. The molecule has 1 aliphatic rings. The number of rotatable bonds is 3. The van der Waals surface area contributed by atoms with Gasteiger partial charge in [-0.05, 0) is 31.2 Å². The molecule has 0 atom stereocenters. The molecule has 1 fully saturated rings. The van der Waals surface area contributed by atoms with Crippen LogP contribution in [0.3, 0.4) is 0 Å². The largest absolute Gasteiger partial charge is 0.494 e. The van der Waals surface area contributed by atoms with E-state index in [9.17, 15) is 4.39 Å². The van der Waals surface area contributed by atoms with Crippen LogP contribution in [-0.2, 0) is 0 Å². The number of anilines is 2. The Labute approximate surface area is 152 Å². The fourth-order valence-electron chi connectivity index (χ4n) is 3.45. The Bertz CT molecular complexity index is 938. The van der Waals surface area contributed by atoms with Gasteiger partial charge in [-0.15, -0.1) is 0 Å². The van der Waals surface area contributed by atoms with Crippen molar-refractivity contribution in [3.63, 3.8) is 0 Å². The van der Waals surface area contributed by atoms with Gasteiger partial charge in [0.1, 0.15) is 11.6 Å². The average molecular weight is 352 g/mol. The number of benzene rings is 2. The number of aryl methyl sites for hydroxylation is 1.